The highest BCUT2D eigenvalue weighted by Gasteiger charge is 2.21. The average Bonchev–Trinajstić information content (AvgIpc) is 2.79. The van der Waals surface area contributed by atoms with Crippen LogP contribution in [0.2, 0.25) is 0 Å². The van der Waals surface area contributed by atoms with Crippen LogP contribution < -0.4 is 4.90 Å². The van der Waals surface area contributed by atoms with Crippen molar-refractivity contribution in [1.82, 2.24) is 0 Å². The lowest BCUT2D eigenvalue weighted by Crippen LogP contribution is -2.23. The van der Waals surface area contributed by atoms with E-state index in [4.69, 9.17) is 5.41 Å². The fourth-order valence-corrected chi connectivity index (χ4v) is 2.50. The molecule has 2 rings (SSSR count). The molecule has 0 unspecified atom stereocenters. The van der Waals surface area contributed by atoms with E-state index in [9.17, 15) is 10.1 Å². The Morgan fingerprint density at radius 3 is 2.95 bits per heavy atom. The molecule has 1 aromatic carbocycles. The number of benzene rings is 1. The van der Waals surface area contributed by atoms with Crippen LogP contribution in [0.15, 0.2) is 18.2 Å². The van der Waals surface area contributed by atoms with Crippen molar-refractivity contribution in [3.05, 3.63) is 33.9 Å². The molecule has 0 aromatic heterocycles. The summed E-state index contributed by atoms with van der Waals surface area (Å²) in [4.78, 5) is 12.6. The zero-order valence-electron chi connectivity index (χ0n) is 11.2. The van der Waals surface area contributed by atoms with Crippen molar-refractivity contribution < 1.29 is 4.92 Å². The van der Waals surface area contributed by atoms with Gasteiger partial charge in [-0.3, -0.25) is 10.1 Å². The van der Waals surface area contributed by atoms with Crippen LogP contribution in [-0.2, 0) is 6.42 Å². The van der Waals surface area contributed by atoms with E-state index in [1.807, 2.05) is 6.07 Å². The molecule has 0 saturated heterocycles. The van der Waals surface area contributed by atoms with Crippen LogP contribution in [-0.4, -0.2) is 23.7 Å². The standard InChI is InChI=1S/C14H19N3O2/c1-2-3-12(15)7-9-16-8-6-11-10-13(17(18)19)4-5-14(11)16/h4-5,10,15H,2-3,6-9H2,1H3. The van der Waals surface area contributed by atoms with Gasteiger partial charge in [0, 0.05) is 43.0 Å². The van der Waals surface area contributed by atoms with Crippen molar-refractivity contribution in [2.75, 3.05) is 18.0 Å². The number of hydrogen-bond acceptors (Lipinski definition) is 4. The molecule has 1 heterocycles. The van der Waals surface area contributed by atoms with Gasteiger partial charge in [-0.1, -0.05) is 13.3 Å². The smallest absolute Gasteiger partial charge is 0.269 e. The van der Waals surface area contributed by atoms with Gasteiger partial charge in [0.15, 0.2) is 0 Å². The van der Waals surface area contributed by atoms with Crippen molar-refractivity contribution in [2.45, 2.75) is 32.6 Å². The predicted molar refractivity (Wildman–Crippen MR) is 76.3 cm³/mol. The number of nitrogens with zero attached hydrogens (tertiary/aromatic N) is 2. The lowest BCUT2D eigenvalue weighted by molar-refractivity contribution is -0.384. The summed E-state index contributed by atoms with van der Waals surface area (Å²) in [6, 6.07) is 5.07. The van der Waals surface area contributed by atoms with Gasteiger partial charge in [-0.25, -0.2) is 0 Å². The molecule has 1 aromatic rings. The molecule has 1 N–H and O–H groups in total. The highest BCUT2D eigenvalue weighted by atomic mass is 16.6. The van der Waals surface area contributed by atoms with Gasteiger partial charge in [0.2, 0.25) is 0 Å². The van der Waals surface area contributed by atoms with Crippen LogP contribution in [0.1, 0.15) is 31.7 Å². The summed E-state index contributed by atoms with van der Waals surface area (Å²) in [6.45, 7) is 3.82. The molecule has 0 bridgehead atoms. The minimum atomic E-state index is -0.347. The summed E-state index contributed by atoms with van der Waals surface area (Å²) in [5.41, 5.74) is 3.10. The van der Waals surface area contributed by atoms with Crippen molar-refractivity contribution in [3.8, 4) is 0 Å². The van der Waals surface area contributed by atoms with Crippen LogP contribution in [0.5, 0.6) is 0 Å². The molecule has 102 valence electrons. The van der Waals surface area contributed by atoms with Crippen LogP contribution in [0.25, 0.3) is 0 Å². The first kappa shape index (κ1) is 13.5. The Labute approximate surface area is 112 Å². The van der Waals surface area contributed by atoms with Crippen molar-refractivity contribution >= 4 is 17.1 Å². The monoisotopic (exact) mass is 261 g/mol. The van der Waals surface area contributed by atoms with Gasteiger partial charge < -0.3 is 10.3 Å². The summed E-state index contributed by atoms with van der Waals surface area (Å²) < 4.78 is 0. The number of nitro groups is 1. The van der Waals surface area contributed by atoms with Crippen molar-refractivity contribution in [2.24, 2.45) is 0 Å². The van der Waals surface area contributed by atoms with Gasteiger partial charge in [-0.2, -0.15) is 0 Å². The van der Waals surface area contributed by atoms with E-state index in [1.165, 1.54) is 0 Å². The van der Waals surface area contributed by atoms with Gasteiger partial charge in [0.1, 0.15) is 0 Å². The zero-order chi connectivity index (χ0) is 13.8. The topological polar surface area (TPSA) is 70.2 Å². The Morgan fingerprint density at radius 1 is 1.47 bits per heavy atom. The average molecular weight is 261 g/mol. The Balaban J connectivity index is 2.02. The number of anilines is 1. The van der Waals surface area contributed by atoms with Crippen LogP contribution in [0.3, 0.4) is 0 Å². The van der Waals surface area contributed by atoms with Gasteiger partial charge in [-0.05, 0) is 24.5 Å². The van der Waals surface area contributed by atoms with Gasteiger partial charge >= 0.3 is 0 Å². The van der Waals surface area contributed by atoms with E-state index in [2.05, 4.69) is 11.8 Å². The first-order valence-corrected chi connectivity index (χ1v) is 6.70. The van der Waals surface area contributed by atoms with Gasteiger partial charge in [0.25, 0.3) is 5.69 Å². The maximum absolute atomic E-state index is 10.7. The van der Waals surface area contributed by atoms with Crippen LogP contribution in [0, 0.1) is 15.5 Å². The molecule has 5 heteroatoms. The van der Waals surface area contributed by atoms with E-state index in [1.54, 1.807) is 12.1 Å². The third-order valence-corrected chi connectivity index (χ3v) is 3.50. The highest BCUT2D eigenvalue weighted by molar-refractivity contribution is 5.81. The Bertz CT molecular complexity index is 499. The van der Waals surface area contributed by atoms with Crippen LogP contribution >= 0.6 is 0 Å². The normalized spacial score (nSPS) is 13.4. The van der Waals surface area contributed by atoms with Gasteiger partial charge in [0.05, 0.1) is 4.92 Å². The van der Waals surface area contributed by atoms with Crippen molar-refractivity contribution in [3.63, 3.8) is 0 Å². The second kappa shape index (κ2) is 5.82. The van der Waals surface area contributed by atoms with E-state index in [0.29, 0.717) is 0 Å². The summed E-state index contributed by atoms with van der Waals surface area (Å²) >= 11 is 0. The minimum absolute atomic E-state index is 0.166. The number of hydrogen-bond donors (Lipinski definition) is 1. The molecule has 1 aliphatic heterocycles. The lowest BCUT2D eigenvalue weighted by Gasteiger charge is -2.19. The molecule has 19 heavy (non-hydrogen) atoms. The molecule has 0 atom stereocenters. The molecule has 0 spiro atoms. The summed E-state index contributed by atoms with van der Waals surface area (Å²) in [5, 5.41) is 18.5. The van der Waals surface area contributed by atoms with E-state index >= 15 is 0 Å². The number of non-ortho nitro benzene ring substituents is 1. The molecular formula is C14H19N3O2. The third kappa shape index (κ3) is 3.10. The molecule has 0 fully saturated rings. The molecule has 0 aliphatic carbocycles. The molecule has 0 radical (unpaired) electrons. The molecule has 0 saturated carbocycles. The number of nitro benzene ring substituents is 1. The largest absolute Gasteiger partial charge is 0.371 e. The van der Waals surface area contributed by atoms with E-state index < -0.39 is 0 Å². The van der Waals surface area contributed by atoms with Crippen LogP contribution in [0.4, 0.5) is 11.4 Å². The fourth-order valence-electron chi connectivity index (χ4n) is 2.50. The molecular weight excluding hydrogens is 242 g/mol. The van der Waals surface area contributed by atoms with Gasteiger partial charge in [-0.15, -0.1) is 0 Å². The minimum Gasteiger partial charge on any atom is -0.371 e. The Kier molecular flexibility index (Phi) is 4.14. The Hall–Kier alpha value is -1.91. The number of fused-ring (bicyclic) bond motifs is 1. The predicted octanol–water partition coefficient (Wildman–Crippen LogP) is 3.17. The third-order valence-electron chi connectivity index (χ3n) is 3.50. The summed E-state index contributed by atoms with van der Waals surface area (Å²) in [5.74, 6) is 0. The fraction of sp³-hybridized carbons (Fsp3) is 0.500. The zero-order valence-corrected chi connectivity index (χ0v) is 11.2. The van der Waals surface area contributed by atoms with E-state index in [-0.39, 0.29) is 10.6 Å². The van der Waals surface area contributed by atoms with Crippen molar-refractivity contribution in [1.29, 1.82) is 5.41 Å². The molecule has 5 nitrogen and oxygen atoms in total. The SMILES string of the molecule is CCCC(=N)CCN1CCc2cc([N+](=O)[O-])ccc21. The van der Waals surface area contributed by atoms with E-state index in [0.717, 1.165) is 55.7 Å². The number of nitrogens with one attached hydrogen (secondary N) is 1. The number of rotatable bonds is 6. The maximum atomic E-state index is 10.7. The first-order valence-electron chi connectivity index (χ1n) is 6.70. The first-order chi connectivity index (χ1) is 9.11. The quantitative estimate of drug-likeness (QED) is 0.485. The highest BCUT2D eigenvalue weighted by Crippen LogP contribution is 2.31. The molecule has 0 amide bonds. The maximum Gasteiger partial charge on any atom is 0.269 e. The summed E-state index contributed by atoms with van der Waals surface area (Å²) in [6.07, 6.45) is 3.52. The second-order valence-corrected chi connectivity index (χ2v) is 4.91. The molecule has 1 aliphatic rings. The lowest BCUT2D eigenvalue weighted by atomic mass is 10.1. The second-order valence-electron chi connectivity index (χ2n) is 4.91. The Morgan fingerprint density at radius 2 is 2.26 bits per heavy atom. The summed E-state index contributed by atoms with van der Waals surface area (Å²) in [7, 11) is 0.